The van der Waals surface area contributed by atoms with Gasteiger partial charge in [0.15, 0.2) is 0 Å². The molecule has 1 aliphatic rings. The second kappa shape index (κ2) is 5.19. The molecule has 92 valence electrons. The van der Waals surface area contributed by atoms with Gasteiger partial charge in [0.2, 0.25) is 0 Å². The average Bonchev–Trinajstić information content (AvgIpc) is 2.39. The number of carboxylic acids is 1. The van der Waals surface area contributed by atoms with E-state index in [0.29, 0.717) is 11.7 Å². The molecule has 1 heterocycles. The molecular weight excluding hydrogens is 220 g/mol. The Hall–Kier alpha value is -1.55. The lowest BCUT2D eigenvalue weighted by molar-refractivity contribution is 0.0693. The molecule has 0 radical (unpaired) electrons. The van der Waals surface area contributed by atoms with E-state index in [4.69, 9.17) is 14.6 Å². The predicted octanol–water partition coefficient (Wildman–Crippen LogP) is 2.29. The number of methoxy groups -OCH3 is 1. The standard InChI is InChI=1S/C13H16O4/c1-16-12-3-2-10(8-11(12)13(14)15)9-4-6-17-7-5-9/h2-3,8-9H,4-7H2,1H3,(H,14,15). The van der Waals surface area contributed by atoms with Crippen LogP contribution in [0.15, 0.2) is 18.2 Å². The van der Waals surface area contributed by atoms with E-state index in [1.165, 1.54) is 7.11 Å². The minimum Gasteiger partial charge on any atom is -0.496 e. The summed E-state index contributed by atoms with van der Waals surface area (Å²) in [4.78, 5) is 11.1. The highest BCUT2D eigenvalue weighted by atomic mass is 16.5. The minimum absolute atomic E-state index is 0.233. The van der Waals surface area contributed by atoms with Crippen LogP contribution < -0.4 is 4.74 Å². The Morgan fingerprint density at radius 1 is 1.41 bits per heavy atom. The molecule has 0 aliphatic carbocycles. The highest BCUT2D eigenvalue weighted by molar-refractivity contribution is 5.91. The summed E-state index contributed by atoms with van der Waals surface area (Å²) in [6.07, 6.45) is 1.90. The molecule has 4 nitrogen and oxygen atoms in total. The molecule has 1 N–H and O–H groups in total. The second-order valence-electron chi connectivity index (χ2n) is 4.15. The van der Waals surface area contributed by atoms with E-state index >= 15 is 0 Å². The number of hydrogen-bond acceptors (Lipinski definition) is 3. The molecule has 0 amide bonds. The predicted molar refractivity (Wildman–Crippen MR) is 62.7 cm³/mol. The zero-order valence-corrected chi connectivity index (χ0v) is 9.81. The van der Waals surface area contributed by atoms with Crippen molar-refractivity contribution in [1.82, 2.24) is 0 Å². The fourth-order valence-electron chi connectivity index (χ4n) is 2.18. The van der Waals surface area contributed by atoms with Gasteiger partial charge in [-0.15, -0.1) is 0 Å². The fourth-order valence-corrected chi connectivity index (χ4v) is 2.18. The number of benzene rings is 1. The number of carbonyl (C=O) groups is 1. The molecule has 2 rings (SSSR count). The molecule has 0 aromatic heterocycles. The van der Waals surface area contributed by atoms with Crippen molar-refractivity contribution in [3.05, 3.63) is 29.3 Å². The van der Waals surface area contributed by atoms with Crippen molar-refractivity contribution in [3.8, 4) is 5.75 Å². The van der Waals surface area contributed by atoms with Crippen molar-refractivity contribution < 1.29 is 19.4 Å². The molecule has 0 bridgehead atoms. The van der Waals surface area contributed by atoms with Crippen LogP contribution in [0.2, 0.25) is 0 Å². The van der Waals surface area contributed by atoms with Gasteiger partial charge in [0.1, 0.15) is 11.3 Å². The average molecular weight is 236 g/mol. The first-order chi connectivity index (χ1) is 8.22. The zero-order chi connectivity index (χ0) is 12.3. The molecule has 1 aromatic rings. The Kier molecular flexibility index (Phi) is 3.64. The highest BCUT2D eigenvalue weighted by Crippen LogP contribution is 2.30. The Balaban J connectivity index is 2.29. The third-order valence-corrected chi connectivity index (χ3v) is 3.15. The van der Waals surface area contributed by atoms with Gasteiger partial charge in [-0.2, -0.15) is 0 Å². The van der Waals surface area contributed by atoms with Crippen LogP contribution in [0.25, 0.3) is 0 Å². The number of hydrogen-bond donors (Lipinski definition) is 1. The van der Waals surface area contributed by atoms with Crippen LogP contribution in [-0.4, -0.2) is 31.4 Å². The van der Waals surface area contributed by atoms with E-state index < -0.39 is 5.97 Å². The van der Waals surface area contributed by atoms with Gasteiger partial charge in [-0.1, -0.05) is 6.07 Å². The smallest absolute Gasteiger partial charge is 0.339 e. The molecule has 0 saturated carbocycles. The summed E-state index contributed by atoms with van der Waals surface area (Å²) in [7, 11) is 1.48. The summed E-state index contributed by atoms with van der Waals surface area (Å²) in [5.41, 5.74) is 1.29. The third-order valence-electron chi connectivity index (χ3n) is 3.15. The maximum absolute atomic E-state index is 11.1. The quantitative estimate of drug-likeness (QED) is 0.874. The lowest BCUT2D eigenvalue weighted by atomic mass is 9.90. The Morgan fingerprint density at radius 3 is 2.71 bits per heavy atom. The third kappa shape index (κ3) is 2.58. The Morgan fingerprint density at radius 2 is 2.12 bits per heavy atom. The van der Waals surface area contributed by atoms with Gasteiger partial charge in [-0.25, -0.2) is 4.79 Å². The monoisotopic (exact) mass is 236 g/mol. The van der Waals surface area contributed by atoms with Crippen LogP contribution in [-0.2, 0) is 4.74 Å². The van der Waals surface area contributed by atoms with E-state index in [9.17, 15) is 4.79 Å². The molecule has 0 unspecified atom stereocenters. The van der Waals surface area contributed by atoms with Gasteiger partial charge >= 0.3 is 5.97 Å². The summed E-state index contributed by atoms with van der Waals surface area (Å²) in [6.45, 7) is 1.50. The summed E-state index contributed by atoms with van der Waals surface area (Å²) < 4.78 is 10.3. The number of rotatable bonds is 3. The zero-order valence-electron chi connectivity index (χ0n) is 9.81. The molecule has 4 heteroatoms. The van der Waals surface area contributed by atoms with E-state index in [0.717, 1.165) is 31.6 Å². The normalized spacial score (nSPS) is 16.8. The molecule has 0 spiro atoms. The van der Waals surface area contributed by atoms with Crippen molar-refractivity contribution in [2.24, 2.45) is 0 Å². The van der Waals surface area contributed by atoms with E-state index in [1.807, 2.05) is 6.07 Å². The number of aromatic carboxylic acids is 1. The van der Waals surface area contributed by atoms with Gasteiger partial charge in [0.05, 0.1) is 7.11 Å². The molecule has 1 aliphatic heterocycles. The lowest BCUT2D eigenvalue weighted by Gasteiger charge is -2.23. The van der Waals surface area contributed by atoms with Gasteiger partial charge < -0.3 is 14.6 Å². The second-order valence-corrected chi connectivity index (χ2v) is 4.15. The molecular formula is C13H16O4. The largest absolute Gasteiger partial charge is 0.496 e. The van der Waals surface area contributed by atoms with E-state index in [1.54, 1.807) is 12.1 Å². The van der Waals surface area contributed by atoms with Crippen molar-refractivity contribution in [1.29, 1.82) is 0 Å². The van der Waals surface area contributed by atoms with Crippen molar-refractivity contribution in [2.45, 2.75) is 18.8 Å². The van der Waals surface area contributed by atoms with E-state index in [-0.39, 0.29) is 5.56 Å². The highest BCUT2D eigenvalue weighted by Gasteiger charge is 2.19. The first-order valence-electron chi connectivity index (χ1n) is 5.71. The SMILES string of the molecule is COc1ccc(C2CCOCC2)cc1C(=O)O. The number of ether oxygens (including phenoxy) is 2. The van der Waals surface area contributed by atoms with Crippen molar-refractivity contribution >= 4 is 5.97 Å². The molecule has 1 aromatic carbocycles. The first-order valence-corrected chi connectivity index (χ1v) is 5.71. The lowest BCUT2D eigenvalue weighted by Crippen LogP contribution is -2.14. The summed E-state index contributed by atoms with van der Waals surface area (Å²) in [5, 5.41) is 9.11. The molecule has 17 heavy (non-hydrogen) atoms. The van der Waals surface area contributed by atoms with Crippen LogP contribution in [0, 0.1) is 0 Å². The molecule has 1 saturated heterocycles. The summed E-state index contributed by atoms with van der Waals surface area (Å²) in [5.74, 6) is -0.142. The van der Waals surface area contributed by atoms with Gasteiger partial charge in [-0.05, 0) is 36.5 Å². The van der Waals surface area contributed by atoms with Crippen molar-refractivity contribution in [3.63, 3.8) is 0 Å². The van der Waals surface area contributed by atoms with Crippen LogP contribution in [0.4, 0.5) is 0 Å². The fraction of sp³-hybridized carbons (Fsp3) is 0.462. The molecule has 0 atom stereocenters. The van der Waals surface area contributed by atoms with Crippen LogP contribution in [0.3, 0.4) is 0 Å². The van der Waals surface area contributed by atoms with Gasteiger partial charge in [0.25, 0.3) is 0 Å². The first kappa shape index (κ1) is 11.9. The van der Waals surface area contributed by atoms with Gasteiger partial charge in [-0.3, -0.25) is 0 Å². The summed E-state index contributed by atoms with van der Waals surface area (Å²) in [6, 6.07) is 5.40. The van der Waals surface area contributed by atoms with Crippen molar-refractivity contribution in [2.75, 3.05) is 20.3 Å². The van der Waals surface area contributed by atoms with Crippen LogP contribution in [0.1, 0.15) is 34.7 Å². The molecule has 1 fully saturated rings. The summed E-state index contributed by atoms with van der Waals surface area (Å²) >= 11 is 0. The number of carboxylic acid groups (broad SMARTS) is 1. The van der Waals surface area contributed by atoms with Crippen LogP contribution >= 0.6 is 0 Å². The Bertz CT molecular complexity index is 408. The van der Waals surface area contributed by atoms with Crippen LogP contribution in [0.5, 0.6) is 5.75 Å². The van der Waals surface area contributed by atoms with Gasteiger partial charge in [0, 0.05) is 13.2 Å². The topological polar surface area (TPSA) is 55.8 Å². The maximum Gasteiger partial charge on any atom is 0.339 e. The Labute approximate surface area is 100 Å². The minimum atomic E-state index is -0.948. The maximum atomic E-state index is 11.1. The van der Waals surface area contributed by atoms with E-state index in [2.05, 4.69) is 0 Å².